The summed E-state index contributed by atoms with van der Waals surface area (Å²) in [6.45, 7) is -0.798. The van der Waals surface area contributed by atoms with Crippen LogP contribution in [0.1, 0.15) is 5.89 Å². The second-order valence-corrected chi connectivity index (χ2v) is 8.36. The summed E-state index contributed by atoms with van der Waals surface area (Å²) < 4.78 is 48.4. The van der Waals surface area contributed by atoms with Crippen molar-refractivity contribution in [1.29, 1.82) is 0 Å². The first-order valence-electron chi connectivity index (χ1n) is 7.60. The zero-order chi connectivity index (χ0) is 19.4. The summed E-state index contributed by atoms with van der Waals surface area (Å²) in [5.74, 6) is -0.876. The number of rotatable bonds is 7. The minimum atomic E-state index is -3.94. The summed E-state index contributed by atoms with van der Waals surface area (Å²) in [6, 6.07) is 7.96. The molecule has 0 aliphatic carbocycles. The highest BCUT2D eigenvalue weighted by molar-refractivity contribution is 7.89. The third-order valence-electron chi connectivity index (χ3n) is 3.44. The maximum absolute atomic E-state index is 12.9. The van der Waals surface area contributed by atoms with Crippen LogP contribution in [0.3, 0.4) is 0 Å². The average Bonchev–Trinajstić information content (AvgIpc) is 3.31. The van der Waals surface area contributed by atoms with Crippen LogP contribution in [-0.2, 0) is 26.2 Å². The SMILES string of the molecule is CN(CC(=O)OCc1nc(-c2cccs2)no1)S(=O)(=O)c1ccc(F)cc1. The molecule has 0 aliphatic heterocycles. The Labute approximate surface area is 158 Å². The van der Waals surface area contributed by atoms with Crippen molar-refractivity contribution in [2.24, 2.45) is 0 Å². The molecule has 0 saturated carbocycles. The molecule has 0 N–H and O–H groups in total. The van der Waals surface area contributed by atoms with Crippen molar-refractivity contribution in [2.75, 3.05) is 13.6 Å². The number of thiophene rings is 1. The molecule has 0 atom stereocenters. The van der Waals surface area contributed by atoms with Gasteiger partial charge in [-0.15, -0.1) is 11.3 Å². The number of hydrogen-bond donors (Lipinski definition) is 0. The number of carbonyl (C=O) groups excluding carboxylic acids is 1. The van der Waals surface area contributed by atoms with Gasteiger partial charge in [0.15, 0.2) is 6.61 Å². The molecule has 3 aromatic rings. The van der Waals surface area contributed by atoms with Crippen LogP contribution in [0.4, 0.5) is 4.39 Å². The highest BCUT2D eigenvalue weighted by Gasteiger charge is 2.24. The van der Waals surface area contributed by atoms with Crippen LogP contribution in [0.5, 0.6) is 0 Å². The Bertz CT molecular complexity index is 1020. The standard InChI is InChI=1S/C16H14FN3O5S2/c1-20(27(22,23)12-6-4-11(17)5-7-12)9-15(21)24-10-14-18-16(19-25-14)13-3-2-8-26-13/h2-8H,9-10H2,1H3. The van der Waals surface area contributed by atoms with Gasteiger partial charge in [-0.25, -0.2) is 12.8 Å². The number of benzene rings is 1. The molecule has 3 rings (SSSR count). The van der Waals surface area contributed by atoms with Crippen LogP contribution in [0.15, 0.2) is 51.2 Å². The first kappa shape index (κ1) is 19.1. The van der Waals surface area contributed by atoms with Gasteiger partial charge in [-0.1, -0.05) is 11.2 Å². The van der Waals surface area contributed by atoms with E-state index in [1.54, 1.807) is 0 Å². The Morgan fingerprint density at radius 3 is 2.70 bits per heavy atom. The van der Waals surface area contributed by atoms with E-state index in [4.69, 9.17) is 9.26 Å². The Hall–Kier alpha value is -2.63. The number of aromatic nitrogens is 2. The van der Waals surface area contributed by atoms with Gasteiger partial charge in [0, 0.05) is 7.05 Å². The smallest absolute Gasteiger partial charge is 0.321 e. The Morgan fingerprint density at radius 1 is 1.30 bits per heavy atom. The fourth-order valence-corrected chi connectivity index (χ4v) is 3.83. The predicted octanol–water partition coefficient (Wildman–Crippen LogP) is 2.30. The largest absolute Gasteiger partial charge is 0.455 e. The highest BCUT2D eigenvalue weighted by Crippen LogP contribution is 2.21. The van der Waals surface area contributed by atoms with E-state index in [1.165, 1.54) is 18.4 Å². The molecule has 27 heavy (non-hydrogen) atoms. The van der Waals surface area contributed by atoms with Crippen LogP contribution in [-0.4, -0.2) is 42.4 Å². The fraction of sp³-hybridized carbons (Fsp3) is 0.188. The average molecular weight is 411 g/mol. The molecular weight excluding hydrogens is 397 g/mol. The summed E-state index contributed by atoms with van der Waals surface area (Å²) in [7, 11) is -2.72. The number of sulfonamides is 1. The summed E-state index contributed by atoms with van der Waals surface area (Å²) in [5, 5.41) is 5.64. The molecular formula is C16H14FN3O5S2. The third-order valence-corrected chi connectivity index (χ3v) is 6.12. The summed E-state index contributed by atoms with van der Waals surface area (Å²) in [5.41, 5.74) is 0. The second-order valence-electron chi connectivity index (χ2n) is 5.36. The van der Waals surface area contributed by atoms with Gasteiger partial charge in [-0.3, -0.25) is 4.79 Å². The number of likely N-dealkylation sites (N-methyl/N-ethyl adjacent to an activating group) is 1. The molecule has 0 radical (unpaired) electrons. The van der Waals surface area contributed by atoms with Crippen molar-refractivity contribution in [3.8, 4) is 10.7 Å². The van der Waals surface area contributed by atoms with E-state index < -0.39 is 28.4 Å². The van der Waals surface area contributed by atoms with Crippen LogP contribution >= 0.6 is 11.3 Å². The molecule has 0 unspecified atom stereocenters. The van der Waals surface area contributed by atoms with E-state index >= 15 is 0 Å². The lowest BCUT2D eigenvalue weighted by Gasteiger charge is -2.16. The molecule has 0 aliphatic rings. The minimum Gasteiger partial charge on any atom is -0.455 e. The molecule has 11 heteroatoms. The number of esters is 1. The monoisotopic (exact) mass is 411 g/mol. The number of halogens is 1. The molecule has 0 amide bonds. The van der Waals surface area contributed by atoms with Crippen LogP contribution < -0.4 is 0 Å². The van der Waals surface area contributed by atoms with Gasteiger partial charge in [0.1, 0.15) is 12.4 Å². The molecule has 2 heterocycles. The van der Waals surface area contributed by atoms with Gasteiger partial charge >= 0.3 is 5.97 Å². The molecule has 0 saturated heterocycles. The lowest BCUT2D eigenvalue weighted by molar-refractivity contribution is -0.145. The number of nitrogens with zero attached hydrogens (tertiary/aromatic N) is 3. The maximum Gasteiger partial charge on any atom is 0.321 e. The zero-order valence-corrected chi connectivity index (χ0v) is 15.7. The summed E-state index contributed by atoms with van der Waals surface area (Å²) in [6.07, 6.45) is 0. The first-order chi connectivity index (χ1) is 12.9. The van der Waals surface area contributed by atoms with Crippen molar-refractivity contribution < 1.29 is 26.9 Å². The minimum absolute atomic E-state index is 0.0933. The Morgan fingerprint density at radius 2 is 2.04 bits per heavy atom. The lowest BCUT2D eigenvalue weighted by atomic mass is 10.4. The molecule has 2 aromatic heterocycles. The van der Waals surface area contributed by atoms with Crippen molar-refractivity contribution >= 4 is 27.3 Å². The summed E-state index contributed by atoms with van der Waals surface area (Å²) in [4.78, 5) is 16.7. The third kappa shape index (κ3) is 4.56. The molecule has 0 fully saturated rings. The Balaban J connectivity index is 1.56. The van der Waals surface area contributed by atoms with Crippen LogP contribution in [0.2, 0.25) is 0 Å². The van der Waals surface area contributed by atoms with Crippen molar-refractivity contribution in [3.63, 3.8) is 0 Å². The van der Waals surface area contributed by atoms with Gasteiger partial charge in [0.05, 0.1) is 9.77 Å². The van der Waals surface area contributed by atoms with Crippen molar-refractivity contribution in [3.05, 3.63) is 53.5 Å². The van der Waals surface area contributed by atoms with Gasteiger partial charge in [0.25, 0.3) is 5.89 Å². The topological polar surface area (TPSA) is 103 Å². The molecule has 142 valence electrons. The predicted molar refractivity (Wildman–Crippen MR) is 93.6 cm³/mol. The van der Waals surface area contributed by atoms with E-state index in [1.807, 2.05) is 17.5 Å². The normalized spacial score (nSPS) is 11.7. The Kier molecular flexibility index (Phi) is 5.63. The molecule has 0 bridgehead atoms. The summed E-state index contributed by atoms with van der Waals surface area (Å²) >= 11 is 1.43. The lowest BCUT2D eigenvalue weighted by Crippen LogP contribution is -2.33. The molecule has 8 nitrogen and oxygen atoms in total. The molecule has 0 spiro atoms. The molecule has 1 aromatic carbocycles. The number of hydrogen-bond acceptors (Lipinski definition) is 8. The van der Waals surface area contributed by atoms with E-state index in [-0.39, 0.29) is 17.4 Å². The number of ether oxygens (including phenoxy) is 1. The van der Waals surface area contributed by atoms with E-state index in [0.717, 1.165) is 33.4 Å². The quantitative estimate of drug-likeness (QED) is 0.550. The first-order valence-corrected chi connectivity index (χ1v) is 9.92. The fourth-order valence-electron chi connectivity index (χ4n) is 2.06. The zero-order valence-electron chi connectivity index (χ0n) is 14.0. The van der Waals surface area contributed by atoms with Crippen molar-refractivity contribution in [2.45, 2.75) is 11.5 Å². The second kappa shape index (κ2) is 7.94. The van der Waals surface area contributed by atoms with Gasteiger partial charge < -0.3 is 9.26 Å². The van der Waals surface area contributed by atoms with Crippen molar-refractivity contribution in [1.82, 2.24) is 14.4 Å². The van der Waals surface area contributed by atoms with Gasteiger partial charge in [-0.05, 0) is 35.7 Å². The number of carbonyl (C=O) groups is 1. The van der Waals surface area contributed by atoms with E-state index in [9.17, 15) is 17.6 Å². The van der Waals surface area contributed by atoms with Gasteiger partial charge in [0.2, 0.25) is 15.8 Å². The van der Waals surface area contributed by atoms with E-state index in [0.29, 0.717) is 5.82 Å². The van der Waals surface area contributed by atoms with E-state index in [2.05, 4.69) is 10.1 Å². The highest BCUT2D eigenvalue weighted by atomic mass is 32.2. The van der Waals surface area contributed by atoms with Crippen LogP contribution in [0, 0.1) is 5.82 Å². The maximum atomic E-state index is 12.9. The van der Waals surface area contributed by atoms with Gasteiger partial charge in [-0.2, -0.15) is 9.29 Å². The van der Waals surface area contributed by atoms with Crippen LogP contribution in [0.25, 0.3) is 10.7 Å².